The number of benzene rings is 1. The number of halogens is 2. The Morgan fingerprint density at radius 2 is 2.04 bits per heavy atom. The molecule has 3 N–H and O–H groups in total. The average molecular weight is 487 g/mol. The average Bonchev–Trinajstić information content (AvgIpc) is 3.28. The van der Waals surface area contributed by atoms with Gasteiger partial charge in [0.2, 0.25) is 0 Å². The van der Waals surface area contributed by atoms with Crippen molar-refractivity contribution in [3.8, 4) is 0 Å². The van der Waals surface area contributed by atoms with E-state index < -0.39 is 0 Å². The van der Waals surface area contributed by atoms with Crippen molar-refractivity contribution in [2.24, 2.45) is 10.7 Å². The Bertz CT molecular complexity index is 645. The van der Waals surface area contributed by atoms with E-state index in [0.717, 1.165) is 23.0 Å². The van der Waals surface area contributed by atoms with Crippen molar-refractivity contribution >= 4 is 45.9 Å². The van der Waals surface area contributed by atoms with Crippen molar-refractivity contribution in [2.45, 2.75) is 24.8 Å². The first-order chi connectivity index (χ1) is 10.7. The van der Waals surface area contributed by atoms with E-state index in [1.165, 1.54) is 5.56 Å². The maximum Gasteiger partial charge on any atom is 0.188 e. The van der Waals surface area contributed by atoms with Crippen LogP contribution in [0.15, 0.2) is 58.1 Å². The van der Waals surface area contributed by atoms with Gasteiger partial charge in [-0.25, -0.2) is 0 Å². The molecule has 1 saturated carbocycles. The summed E-state index contributed by atoms with van der Waals surface area (Å²) in [6.07, 6.45) is 3.72. The Balaban J connectivity index is 0.00000192. The Morgan fingerprint density at radius 1 is 1.26 bits per heavy atom. The third-order valence-corrected chi connectivity index (χ3v) is 4.33. The van der Waals surface area contributed by atoms with Crippen LogP contribution in [-0.4, -0.2) is 23.5 Å². The Hall–Kier alpha value is -1.15. The lowest BCUT2D eigenvalue weighted by atomic mass is 10.1. The van der Waals surface area contributed by atoms with Crippen molar-refractivity contribution in [3.05, 3.63) is 64.4 Å². The van der Waals surface area contributed by atoms with Gasteiger partial charge in [0.15, 0.2) is 5.96 Å². The van der Waals surface area contributed by atoms with Gasteiger partial charge in [0.1, 0.15) is 0 Å². The van der Waals surface area contributed by atoms with Crippen LogP contribution in [-0.2, 0) is 6.42 Å². The first-order valence-corrected chi connectivity index (χ1v) is 8.23. The zero-order valence-electron chi connectivity index (χ0n) is 12.7. The van der Waals surface area contributed by atoms with Gasteiger partial charge >= 0.3 is 0 Å². The van der Waals surface area contributed by atoms with Crippen molar-refractivity contribution in [2.75, 3.05) is 6.54 Å². The molecule has 2 unspecified atom stereocenters. The lowest BCUT2D eigenvalue weighted by molar-refractivity contribution is 0.838. The van der Waals surface area contributed by atoms with Crippen LogP contribution in [0.5, 0.6) is 0 Å². The molecule has 0 bridgehead atoms. The molecule has 6 heteroatoms. The molecule has 1 aromatic heterocycles. The van der Waals surface area contributed by atoms with Gasteiger partial charge in [0.05, 0.1) is 0 Å². The van der Waals surface area contributed by atoms with Crippen molar-refractivity contribution in [1.29, 1.82) is 0 Å². The fraction of sp³-hybridized carbons (Fsp3) is 0.294. The summed E-state index contributed by atoms with van der Waals surface area (Å²) in [4.78, 5) is 8.65. The molecule has 0 radical (unpaired) electrons. The highest BCUT2D eigenvalue weighted by Crippen LogP contribution is 2.40. The van der Waals surface area contributed by atoms with Gasteiger partial charge in [-0.3, -0.25) is 9.98 Å². The first-order valence-electron chi connectivity index (χ1n) is 7.44. The van der Waals surface area contributed by atoms with E-state index in [1.54, 1.807) is 6.20 Å². The molecule has 1 heterocycles. The molecule has 1 aliphatic rings. The van der Waals surface area contributed by atoms with E-state index in [2.05, 4.69) is 55.5 Å². The summed E-state index contributed by atoms with van der Waals surface area (Å²) in [5.74, 6) is 1.07. The molecule has 0 spiro atoms. The number of pyridine rings is 1. The minimum absolute atomic E-state index is 0. The molecule has 3 rings (SSSR count). The fourth-order valence-electron chi connectivity index (χ4n) is 2.51. The summed E-state index contributed by atoms with van der Waals surface area (Å²) < 4.78 is 1.11. The second-order valence-corrected chi connectivity index (χ2v) is 6.40. The molecule has 0 aliphatic heterocycles. The van der Waals surface area contributed by atoms with Crippen LogP contribution >= 0.6 is 39.9 Å². The highest BCUT2D eigenvalue weighted by atomic mass is 127. The lowest BCUT2D eigenvalue weighted by Crippen LogP contribution is -2.34. The summed E-state index contributed by atoms with van der Waals surface area (Å²) >= 11 is 3.46. The third-order valence-electron chi connectivity index (χ3n) is 3.80. The molecule has 0 amide bonds. The zero-order valence-corrected chi connectivity index (χ0v) is 16.6. The van der Waals surface area contributed by atoms with E-state index in [4.69, 9.17) is 5.73 Å². The maximum absolute atomic E-state index is 5.95. The number of aliphatic imine (C=N–C) groups is 1. The van der Waals surface area contributed by atoms with Crippen LogP contribution in [0.1, 0.15) is 23.6 Å². The van der Waals surface area contributed by atoms with Crippen molar-refractivity contribution in [1.82, 2.24) is 10.3 Å². The van der Waals surface area contributed by atoms with Crippen LogP contribution in [0.2, 0.25) is 0 Å². The third kappa shape index (κ3) is 5.46. The maximum atomic E-state index is 5.95. The normalized spacial score (nSPS) is 19.8. The van der Waals surface area contributed by atoms with Gasteiger partial charge in [0.25, 0.3) is 0 Å². The SMILES string of the molecule is I.NC(=NCCc1ccccn1)NC1CC1c1ccc(Br)cc1. The van der Waals surface area contributed by atoms with E-state index in [1.807, 2.05) is 18.2 Å². The van der Waals surface area contributed by atoms with Gasteiger partial charge < -0.3 is 11.1 Å². The van der Waals surface area contributed by atoms with Crippen molar-refractivity contribution in [3.63, 3.8) is 0 Å². The van der Waals surface area contributed by atoms with Crippen LogP contribution in [0.3, 0.4) is 0 Å². The lowest BCUT2D eigenvalue weighted by Gasteiger charge is -2.05. The standard InChI is InChI=1S/C17H19BrN4.HI/c18-13-6-4-12(5-7-13)15-11-16(15)22-17(19)21-10-8-14-3-1-2-9-20-14;/h1-7,9,15-16H,8,10-11H2,(H3,19,21,22);1H. The molecule has 1 aliphatic carbocycles. The number of aromatic nitrogens is 1. The summed E-state index contributed by atoms with van der Waals surface area (Å²) in [6, 6.07) is 14.8. The van der Waals surface area contributed by atoms with Gasteiger partial charge in [-0.15, -0.1) is 24.0 Å². The van der Waals surface area contributed by atoms with E-state index in [0.29, 0.717) is 24.5 Å². The van der Waals surface area contributed by atoms with E-state index in [-0.39, 0.29) is 24.0 Å². The molecular weight excluding hydrogens is 467 g/mol. The van der Waals surface area contributed by atoms with Gasteiger partial charge in [-0.2, -0.15) is 0 Å². The van der Waals surface area contributed by atoms with Gasteiger partial charge in [-0.1, -0.05) is 34.1 Å². The molecule has 2 atom stereocenters. The van der Waals surface area contributed by atoms with Crippen LogP contribution < -0.4 is 11.1 Å². The monoisotopic (exact) mass is 486 g/mol. The van der Waals surface area contributed by atoms with E-state index in [9.17, 15) is 0 Å². The van der Waals surface area contributed by atoms with Crippen LogP contribution in [0.25, 0.3) is 0 Å². The van der Waals surface area contributed by atoms with Gasteiger partial charge in [-0.05, 0) is 36.2 Å². The molecule has 1 aromatic carbocycles. The molecule has 23 heavy (non-hydrogen) atoms. The van der Waals surface area contributed by atoms with Crippen LogP contribution in [0, 0.1) is 0 Å². The molecular formula is C17H20BrIN4. The fourth-order valence-corrected chi connectivity index (χ4v) is 2.77. The number of nitrogens with one attached hydrogen (secondary N) is 1. The zero-order chi connectivity index (χ0) is 15.4. The van der Waals surface area contributed by atoms with Crippen molar-refractivity contribution < 1.29 is 0 Å². The molecule has 0 saturated heterocycles. The summed E-state index contributed by atoms with van der Waals surface area (Å²) in [5, 5.41) is 3.30. The smallest absolute Gasteiger partial charge is 0.188 e. The summed E-state index contributed by atoms with van der Waals surface area (Å²) in [6.45, 7) is 0.658. The molecule has 122 valence electrons. The molecule has 2 aromatic rings. The summed E-state index contributed by atoms with van der Waals surface area (Å²) in [5.41, 5.74) is 8.34. The van der Waals surface area contributed by atoms with Gasteiger partial charge in [0, 0.05) is 41.3 Å². The number of guanidine groups is 1. The minimum Gasteiger partial charge on any atom is -0.370 e. The first kappa shape index (κ1) is 18.2. The van der Waals surface area contributed by atoms with E-state index >= 15 is 0 Å². The topological polar surface area (TPSA) is 63.3 Å². The minimum atomic E-state index is 0. The number of nitrogens with two attached hydrogens (primary N) is 1. The Kier molecular flexibility index (Phi) is 6.83. The Morgan fingerprint density at radius 3 is 2.74 bits per heavy atom. The largest absolute Gasteiger partial charge is 0.370 e. The number of rotatable bonds is 5. The number of hydrogen-bond donors (Lipinski definition) is 2. The summed E-state index contributed by atoms with van der Waals surface area (Å²) in [7, 11) is 0. The molecule has 4 nitrogen and oxygen atoms in total. The van der Waals surface area contributed by atoms with Crippen LogP contribution in [0.4, 0.5) is 0 Å². The predicted molar refractivity (Wildman–Crippen MR) is 108 cm³/mol. The molecule has 1 fully saturated rings. The second-order valence-electron chi connectivity index (χ2n) is 5.48. The quantitative estimate of drug-likeness (QED) is 0.386. The number of nitrogens with zero attached hydrogens (tertiary/aromatic N) is 2. The predicted octanol–water partition coefficient (Wildman–Crippen LogP) is 3.47. The highest BCUT2D eigenvalue weighted by Gasteiger charge is 2.38. The Labute approximate surface area is 162 Å². The highest BCUT2D eigenvalue weighted by molar-refractivity contribution is 14.0. The number of hydrogen-bond acceptors (Lipinski definition) is 2. The second kappa shape index (κ2) is 8.63.